The van der Waals surface area contributed by atoms with Crippen LogP contribution in [-0.4, -0.2) is 27.8 Å². The standard InChI is InChI=1S/C19H19N3O2/c1-3-24-19(23)18-9-16(13(2)10-20-18)8-14-4-6-15(7-5-14)17-11-21-22-12-17/h4-7,9-12H,3,8H2,1-2H3,(H,21,22). The summed E-state index contributed by atoms with van der Waals surface area (Å²) < 4.78 is 5.02. The zero-order valence-corrected chi connectivity index (χ0v) is 13.7. The minimum absolute atomic E-state index is 0.346. The molecule has 0 aliphatic heterocycles. The lowest BCUT2D eigenvalue weighted by atomic mass is 9.99. The maximum absolute atomic E-state index is 11.8. The molecule has 0 bridgehead atoms. The molecule has 0 amide bonds. The number of ether oxygens (including phenoxy) is 1. The normalized spacial score (nSPS) is 10.6. The summed E-state index contributed by atoms with van der Waals surface area (Å²) in [5, 5.41) is 6.78. The third-order valence-electron chi connectivity index (χ3n) is 3.88. The van der Waals surface area contributed by atoms with Crippen molar-refractivity contribution in [1.82, 2.24) is 15.2 Å². The Morgan fingerprint density at radius 2 is 1.96 bits per heavy atom. The van der Waals surface area contributed by atoms with Crippen molar-refractivity contribution in [3.05, 3.63) is 71.3 Å². The van der Waals surface area contributed by atoms with Crippen LogP contribution in [0.5, 0.6) is 0 Å². The van der Waals surface area contributed by atoms with Gasteiger partial charge < -0.3 is 4.74 Å². The van der Waals surface area contributed by atoms with Gasteiger partial charge in [-0.2, -0.15) is 5.10 Å². The fraction of sp³-hybridized carbons (Fsp3) is 0.211. The summed E-state index contributed by atoms with van der Waals surface area (Å²) in [6, 6.07) is 10.1. The predicted octanol–water partition coefficient (Wildman–Crippen LogP) is 3.55. The zero-order chi connectivity index (χ0) is 16.9. The van der Waals surface area contributed by atoms with Gasteiger partial charge in [0, 0.05) is 18.0 Å². The monoisotopic (exact) mass is 321 g/mol. The van der Waals surface area contributed by atoms with Crippen LogP contribution in [0.2, 0.25) is 0 Å². The summed E-state index contributed by atoms with van der Waals surface area (Å²) in [7, 11) is 0. The van der Waals surface area contributed by atoms with Gasteiger partial charge in [-0.05, 0) is 48.6 Å². The van der Waals surface area contributed by atoms with Gasteiger partial charge in [0.05, 0.1) is 12.8 Å². The van der Waals surface area contributed by atoms with Crippen LogP contribution in [0, 0.1) is 6.92 Å². The summed E-state index contributed by atoms with van der Waals surface area (Å²) in [4.78, 5) is 16.0. The molecule has 0 unspecified atom stereocenters. The highest BCUT2D eigenvalue weighted by Crippen LogP contribution is 2.20. The Bertz CT molecular complexity index is 824. The number of carbonyl (C=O) groups is 1. The largest absolute Gasteiger partial charge is 0.461 e. The molecule has 2 heterocycles. The van der Waals surface area contributed by atoms with E-state index in [0.29, 0.717) is 12.3 Å². The molecular formula is C19H19N3O2. The Morgan fingerprint density at radius 1 is 1.17 bits per heavy atom. The maximum Gasteiger partial charge on any atom is 0.356 e. The first-order chi connectivity index (χ1) is 11.7. The van der Waals surface area contributed by atoms with Crippen LogP contribution in [-0.2, 0) is 11.2 Å². The summed E-state index contributed by atoms with van der Waals surface area (Å²) >= 11 is 0. The summed E-state index contributed by atoms with van der Waals surface area (Å²) in [6.45, 7) is 4.13. The molecule has 3 rings (SSSR count). The molecule has 0 aliphatic rings. The van der Waals surface area contributed by atoms with Gasteiger partial charge >= 0.3 is 5.97 Å². The summed E-state index contributed by atoms with van der Waals surface area (Å²) in [6.07, 6.45) is 6.13. The van der Waals surface area contributed by atoms with Crippen LogP contribution in [0.4, 0.5) is 0 Å². The number of carbonyl (C=O) groups excluding carboxylic acids is 1. The summed E-state index contributed by atoms with van der Waals surface area (Å²) in [5.74, 6) is -0.381. The highest BCUT2D eigenvalue weighted by Gasteiger charge is 2.11. The number of benzene rings is 1. The number of hydrogen-bond donors (Lipinski definition) is 1. The Kier molecular flexibility index (Phi) is 4.70. The average molecular weight is 321 g/mol. The number of rotatable bonds is 5. The third-order valence-corrected chi connectivity index (χ3v) is 3.88. The lowest BCUT2D eigenvalue weighted by molar-refractivity contribution is 0.0519. The first kappa shape index (κ1) is 15.9. The zero-order valence-electron chi connectivity index (χ0n) is 13.7. The minimum Gasteiger partial charge on any atom is -0.461 e. The van der Waals surface area contributed by atoms with E-state index >= 15 is 0 Å². The van der Waals surface area contributed by atoms with Gasteiger partial charge in [-0.1, -0.05) is 24.3 Å². The molecule has 0 fully saturated rings. The quantitative estimate of drug-likeness (QED) is 0.730. The van der Waals surface area contributed by atoms with E-state index in [1.54, 1.807) is 19.3 Å². The molecule has 5 nitrogen and oxygen atoms in total. The van der Waals surface area contributed by atoms with E-state index in [2.05, 4.69) is 39.4 Å². The molecule has 0 atom stereocenters. The van der Waals surface area contributed by atoms with Gasteiger partial charge in [-0.3, -0.25) is 5.10 Å². The molecule has 0 aliphatic carbocycles. The highest BCUT2D eigenvalue weighted by atomic mass is 16.5. The number of nitrogens with one attached hydrogen (secondary N) is 1. The number of nitrogens with zero attached hydrogens (tertiary/aromatic N) is 2. The van der Waals surface area contributed by atoms with Crippen molar-refractivity contribution in [3.8, 4) is 11.1 Å². The molecule has 0 radical (unpaired) electrons. The van der Waals surface area contributed by atoms with Gasteiger partial charge in [-0.15, -0.1) is 0 Å². The van der Waals surface area contributed by atoms with Gasteiger partial charge in [0.2, 0.25) is 0 Å². The fourth-order valence-electron chi connectivity index (χ4n) is 2.52. The van der Waals surface area contributed by atoms with Crippen molar-refractivity contribution in [1.29, 1.82) is 0 Å². The molecule has 0 spiro atoms. The van der Waals surface area contributed by atoms with Gasteiger partial charge in [-0.25, -0.2) is 9.78 Å². The number of H-pyrrole nitrogens is 1. The van der Waals surface area contributed by atoms with E-state index < -0.39 is 0 Å². The Labute approximate surface area is 140 Å². The second-order valence-corrected chi connectivity index (χ2v) is 5.58. The Balaban J connectivity index is 1.80. The Hall–Kier alpha value is -2.95. The van der Waals surface area contributed by atoms with Crippen molar-refractivity contribution in [3.63, 3.8) is 0 Å². The topological polar surface area (TPSA) is 67.9 Å². The van der Waals surface area contributed by atoms with Gasteiger partial charge in [0.25, 0.3) is 0 Å². The van der Waals surface area contributed by atoms with E-state index in [1.807, 2.05) is 19.2 Å². The Morgan fingerprint density at radius 3 is 2.62 bits per heavy atom. The van der Waals surface area contributed by atoms with Crippen molar-refractivity contribution in [2.24, 2.45) is 0 Å². The number of esters is 1. The third kappa shape index (κ3) is 3.51. The van der Waals surface area contributed by atoms with Gasteiger partial charge in [0.1, 0.15) is 5.69 Å². The molecule has 0 saturated heterocycles. The van der Waals surface area contributed by atoms with Gasteiger partial charge in [0.15, 0.2) is 0 Å². The van der Waals surface area contributed by atoms with Crippen LogP contribution in [0.25, 0.3) is 11.1 Å². The number of pyridine rings is 1. The lowest BCUT2D eigenvalue weighted by Gasteiger charge is -2.09. The lowest BCUT2D eigenvalue weighted by Crippen LogP contribution is -2.08. The van der Waals surface area contributed by atoms with E-state index in [0.717, 1.165) is 28.7 Å². The van der Waals surface area contributed by atoms with Crippen LogP contribution in [0.15, 0.2) is 48.9 Å². The maximum atomic E-state index is 11.8. The first-order valence-corrected chi connectivity index (χ1v) is 7.88. The predicted molar refractivity (Wildman–Crippen MR) is 91.8 cm³/mol. The number of aromatic nitrogens is 3. The fourth-order valence-corrected chi connectivity index (χ4v) is 2.52. The smallest absolute Gasteiger partial charge is 0.356 e. The molecular weight excluding hydrogens is 302 g/mol. The first-order valence-electron chi connectivity index (χ1n) is 7.88. The number of hydrogen-bond acceptors (Lipinski definition) is 4. The second-order valence-electron chi connectivity index (χ2n) is 5.58. The van der Waals surface area contributed by atoms with Crippen LogP contribution in [0.1, 0.15) is 34.1 Å². The molecule has 3 aromatic rings. The van der Waals surface area contributed by atoms with E-state index in [9.17, 15) is 4.79 Å². The molecule has 1 N–H and O–H groups in total. The van der Waals surface area contributed by atoms with E-state index in [4.69, 9.17) is 4.74 Å². The summed E-state index contributed by atoms with van der Waals surface area (Å²) in [5.41, 5.74) is 5.84. The molecule has 122 valence electrons. The molecule has 2 aromatic heterocycles. The highest BCUT2D eigenvalue weighted by molar-refractivity contribution is 5.87. The number of aryl methyl sites for hydroxylation is 1. The van der Waals surface area contributed by atoms with Crippen molar-refractivity contribution in [2.75, 3.05) is 6.61 Å². The molecule has 5 heteroatoms. The number of aromatic amines is 1. The minimum atomic E-state index is -0.381. The molecule has 24 heavy (non-hydrogen) atoms. The van der Waals surface area contributed by atoms with E-state index in [1.165, 1.54) is 5.56 Å². The van der Waals surface area contributed by atoms with Crippen LogP contribution < -0.4 is 0 Å². The van der Waals surface area contributed by atoms with Crippen molar-refractivity contribution >= 4 is 5.97 Å². The van der Waals surface area contributed by atoms with Crippen LogP contribution >= 0.6 is 0 Å². The van der Waals surface area contributed by atoms with Crippen LogP contribution in [0.3, 0.4) is 0 Å². The van der Waals surface area contributed by atoms with E-state index in [-0.39, 0.29) is 5.97 Å². The van der Waals surface area contributed by atoms with Crippen molar-refractivity contribution in [2.45, 2.75) is 20.3 Å². The van der Waals surface area contributed by atoms with Crippen molar-refractivity contribution < 1.29 is 9.53 Å². The second kappa shape index (κ2) is 7.08. The average Bonchev–Trinajstić information content (AvgIpc) is 3.12. The molecule has 1 aromatic carbocycles. The molecule has 0 saturated carbocycles. The SMILES string of the molecule is CCOC(=O)c1cc(Cc2ccc(-c3cn[nH]c3)cc2)c(C)cn1.